The fraction of sp³-hybridized carbons (Fsp3) is 0.333. The lowest BCUT2D eigenvalue weighted by molar-refractivity contribution is 0.590. The first kappa shape index (κ1) is 10.7. The Balaban J connectivity index is 2.56. The Morgan fingerprint density at radius 2 is 2.12 bits per heavy atom. The van der Waals surface area contributed by atoms with Crippen molar-refractivity contribution in [2.45, 2.75) is 26.8 Å². The second kappa shape index (κ2) is 3.96. The van der Waals surface area contributed by atoms with Crippen LogP contribution in [0.15, 0.2) is 24.5 Å². The van der Waals surface area contributed by atoms with Crippen LogP contribution in [0.4, 0.5) is 5.82 Å². The highest BCUT2D eigenvalue weighted by Crippen LogP contribution is 2.27. The molecule has 2 rings (SSSR count). The molecule has 4 nitrogen and oxygen atoms in total. The fourth-order valence-electron chi connectivity index (χ4n) is 1.93. The quantitative estimate of drug-likeness (QED) is 0.838. The lowest BCUT2D eigenvalue weighted by Gasteiger charge is -2.11. The van der Waals surface area contributed by atoms with Gasteiger partial charge >= 0.3 is 0 Å². The number of nitrogens with two attached hydrogens (primary N) is 1. The van der Waals surface area contributed by atoms with Gasteiger partial charge in [0.2, 0.25) is 0 Å². The number of rotatable bonds is 2. The van der Waals surface area contributed by atoms with Gasteiger partial charge in [-0.25, -0.2) is 4.98 Å². The van der Waals surface area contributed by atoms with Gasteiger partial charge in [0.15, 0.2) is 0 Å². The lowest BCUT2D eigenvalue weighted by atomic mass is 10.2. The van der Waals surface area contributed by atoms with Crippen molar-refractivity contribution in [1.29, 1.82) is 0 Å². The number of hydrogen-bond donors (Lipinski definition) is 1. The highest BCUT2D eigenvalue weighted by atomic mass is 15.2. The third kappa shape index (κ3) is 1.66. The van der Waals surface area contributed by atoms with Gasteiger partial charge in [-0.1, -0.05) is 0 Å². The van der Waals surface area contributed by atoms with Gasteiger partial charge in [-0.05, 0) is 32.9 Å². The van der Waals surface area contributed by atoms with Gasteiger partial charge in [0, 0.05) is 24.0 Å². The summed E-state index contributed by atoms with van der Waals surface area (Å²) in [5.41, 5.74) is 7.89. The van der Waals surface area contributed by atoms with E-state index in [0.29, 0.717) is 11.9 Å². The molecule has 0 atom stereocenters. The SMILES string of the molecule is Cc1nc(-c2cccnc2)c(N)n1C(C)C. The van der Waals surface area contributed by atoms with Gasteiger partial charge in [-0.3, -0.25) is 4.98 Å². The van der Waals surface area contributed by atoms with Crippen molar-refractivity contribution in [3.8, 4) is 11.3 Å². The van der Waals surface area contributed by atoms with Gasteiger partial charge in [-0.15, -0.1) is 0 Å². The molecule has 0 saturated heterocycles. The van der Waals surface area contributed by atoms with Crippen LogP contribution in [-0.4, -0.2) is 14.5 Å². The molecule has 0 aromatic carbocycles. The Kier molecular flexibility index (Phi) is 2.64. The molecule has 2 aromatic rings. The lowest BCUT2D eigenvalue weighted by Crippen LogP contribution is -2.07. The maximum Gasteiger partial charge on any atom is 0.132 e. The van der Waals surface area contributed by atoms with E-state index < -0.39 is 0 Å². The van der Waals surface area contributed by atoms with Gasteiger partial charge in [0.05, 0.1) is 0 Å². The number of nitrogen functional groups attached to an aromatic ring is 1. The van der Waals surface area contributed by atoms with E-state index >= 15 is 0 Å². The smallest absolute Gasteiger partial charge is 0.132 e. The van der Waals surface area contributed by atoms with E-state index in [2.05, 4.69) is 23.8 Å². The average Bonchev–Trinajstić information content (AvgIpc) is 2.55. The molecule has 0 bridgehead atoms. The summed E-state index contributed by atoms with van der Waals surface area (Å²) in [6.07, 6.45) is 3.52. The van der Waals surface area contributed by atoms with E-state index in [1.165, 1.54) is 0 Å². The number of pyridine rings is 1. The van der Waals surface area contributed by atoms with Gasteiger partial charge in [0.1, 0.15) is 17.3 Å². The standard InChI is InChI=1S/C12H16N4/c1-8(2)16-9(3)15-11(12(16)13)10-5-4-6-14-7-10/h4-8H,13H2,1-3H3. The number of hydrogen-bond acceptors (Lipinski definition) is 3. The Labute approximate surface area is 95.1 Å². The molecule has 0 aliphatic heterocycles. The van der Waals surface area contributed by atoms with Crippen LogP contribution < -0.4 is 5.73 Å². The molecule has 2 aromatic heterocycles. The van der Waals surface area contributed by atoms with Crippen molar-refractivity contribution in [3.05, 3.63) is 30.4 Å². The summed E-state index contributed by atoms with van der Waals surface area (Å²) in [6, 6.07) is 4.17. The highest BCUT2D eigenvalue weighted by molar-refractivity contribution is 5.70. The molecule has 0 fully saturated rings. The van der Waals surface area contributed by atoms with Crippen molar-refractivity contribution in [3.63, 3.8) is 0 Å². The first-order valence-electron chi connectivity index (χ1n) is 5.36. The summed E-state index contributed by atoms with van der Waals surface area (Å²) in [5.74, 6) is 1.65. The van der Waals surface area contributed by atoms with Crippen LogP contribution in [0.3, 0.4) is 0 Å². The van der Waals surface area contributed by atoms with Gasteiger partial charge in [0.25, 0.3) is 0 Å². The zero-order valence-corrected chi connectivity index (χ0v) is 9.81. The zero-order valence-electron chi connectivity index (χ0n) is 9.81. The summed E-state index contributed by atoms with van der Waals surface area (Å²) >= 11 is 0. The molecule has 0 unspecified atom stereocenters. The first-order valence-corrected chi connectivity index (χ1v) is 5.36. The van der Waals surface area contributed by atoms with E-state index in [0.717, 1.165) is 17.1 Å². The normalized spacial score (nSPS) is 11.0. The molecule has 0 aliphatic rings. The van der Waals surface area contributed by atoms with Crippen LogP contribution in [0.5, 0.6) is 0 Å². The van der Waals surface area contributed by atoms with E-state index in [9.17, 15) is 0 Å². The monoisotopic (exact) mass is 216 g/mol. The molecule has 0 radical (unpaired) electrons. The van der Waals surface area contributed by atoms with Crippen molar-refractivity contribution >= 4 is 5.82 Å². The summed E-state index contributed by atoms with van der Waals surface area (Å²) < 4.78 is 2.03. The zero-order chi connectivity index (χ0) is 11.7. The van der Waals surface area contributed by atoms with Crippen molar-refractivity contribution < 1.29 is 0 Å². The molecule has 2 heterocycles. The van der Waals surface area contributed by atoms with E-state index in [-0.39, 0.29) is 0 Å². The molecule has 0 amide bonds. The third-order valence-electron chi connectivity index (χ3n) is 2.58. The topological polar surface area (TPSA) is 56.7 Å². The number of anilines is 1. The van der Waals surface area contributed by atoms with E-state index in [1.807, 2.05) is 23.6 Å². The van der Waals surface area contributed by atoms with Crippen molar-refractivity contribution in [1.82, 2.24) is 14.5 Å². The van der Waals surface area contributed by atoms with Crippen LogP contribution in [0.25, 0.3) is 11.3 Å². The van der Waals surface area contributed by atoms with Crippen LogP contribution in [-0.2, 0) is 0 Å². The molecule has 2 N–H and O–H groups in total. The summed E-state index contributed by atoms with van der Waals surface area (Å²) in [7, 11) is 0. The van der Waals surface area contributed by atoms with Gasteiger partial charge in [-0.2, -0.15) is 0 Å². The molecule has 0 aliphatic carbocycles. The molecular weight excluding hydrogens is 200 g/mol. The largest absolute Gasteiger partial charge is 0.383 e. The summed E-state index contributed by atoms with van der Waals surface area (Å²) in [6.45, 7) is 6.16. The Morgan fingerprint density at radius 1 is 1.38 bits per heavy atom. The molecule has 84 valence electrons. The predicted molar refractivity (Wildman–Crippen MR) is 65.0 cm³/mol. The second-order valence-electron chi connectivity index (χ2n) is 4.10. The molecule has 4 heteroatoms. The van der Waals surface area contributed by atoms with Gasteiger partial charge < -0.3 is 10.3 Å². The Hall–Kier alpha value is -1.84. The number of imidazole rings is 1. The third-order valence-corrected chi connectivity index (χ3v) is 2.58. The fourth-order valence-corrected chi connectivity index (χ4v) is 1.93. The number of aryl methyl sites for hydroxylation is 1. The number of aromatic nitrogens is 3. The Morgan fingerprint density at radius 3 is 2.62 bits per heavy atom. The average molecular weight is 216 g/mol. The molecule has 0 spiro atoms. The van der Waals surface area contributed by atoms with E-state index in [4.69, 9.17) is 5.73 Å². The minimum atomic E-state index is 0.318. The maximum absolute atomic E-state index is 6.11. The molecule has 0 saturated carbocycles. The Bertz CT molecular complexity index is 485. The van der Waals surface area contributed by atoms with Crippen molar-refractivity contribution in [2.75, 3.05) is 5.73 Å². The minimum absolute atomic E-state index is 0.318. The van der Waals surface area contributed by atoms with Crippen molar-refractivity contribution in [2.24, 2.45) is 0 Å². The predicted octanol–water partition coefficient (Wildman–Crippen LogP) is 2.42. The minimum Gasteiger partial charge on any atom is -0.383 e. The molecule has 16 heavy (non-hydrogen) atoms. The first-order chi connectivity index (χ1) is 7.61. The maximum atomic E-state index is 6.11. The van der Waals surface area contributed by atoms with Crippen LogP contribution in [0.2, 0.25) is 0 Å². The van der Waals surface area contributed by atoms with Crippen LogP contribution in [0, 0.1) is 6.92 Å². The summed E-state index contributed by atoms with van der Waals surface area (Å²) in [4.78, 5) is 8.58. The summed E-state index contributed by atoms with van der Waals surface area (Å²) in [5, 5.41) is 0. The van der Waals surface area contributed by atoms with Crippen LogP contribution in [0.1, 0.15) is 25.7 Å². The number of nitrogens with zero attached hydrogens (tertiary/aromatic N) is 3. The second-order valence-corrected chi connectivity index (χ2v) is 4.10. The van der Waals surface area contributed by atoms with E-state index in [1.54, 1.807) is 12.4 Å². The molecular formula is C12H16N4. The highest BCUT2D eigenvalue weighted by Gasteiger charge is 2.15. The van der Waals surface area contributed by atoms with Crippen LogP contribution >= 0.6 is 0 Å².